The fraction of sp³-hybridized carbons (Fsp3) is 0.462. The Morgan fingerprint density at radius 1 is 1.24 bits per heavy atom. The maximum Gasteiger partial charge on any atom is 0.221 e. The molecule has 0 bridgehead atoms. The van der Waals surface area contributed by atoms with E-state index in [1.807, 2.05) is 33.2 Å². The number of carbonyl (C=O) groups is 1. The Labute approximate surface area is 103 Å². The molecule has 4 heteroatoms. The minimum atomic E-state index is 0.0879. The predicted octanol–water partition coefficient (Wildman–Crippen LogP) is 1.69. The molecule has 1 amide bonds. The molecule has 0 atom stereocenters. The van der Waals surface area contributed by atoms with Gasteiger partial charge >= 0.3 is 0 Å². The van der Waals surface area contributed by atoms with Crippen LogP contribution in [0, 0.1) is 0 Å². The number of carbonyl (C=O) groups excluding carboxylic acids is 1. The molecular weight excluding hydrogens is 214 g/mol. The lowest BCUT2D eigenvalue weighted by Gasteiger charge is -2.13. The van der Waals surface area contributed by atoms with Crippen LogP contribution in [-0.2, 0) is 4.79 Å². The largest absolute Gasteiger partial charge is 0.385 e. The van der Waals surface area contributed by atoms with E-state index in [9.17, 15) is 4.79 Å². The number of rotatable bonds is 6. The van der Waals surface area contributed by atoms with Crippen molar-refractivity contribution in [1.29, 1.82) is 0 Å². The van der Waals surface area contributed by atoms with Crippen LogP contribution in [0.25, 0.3) is 0 Å². The number of nitrogens with one attached hydrogen (secondary N) is 2. The number of nitrogens with zero attached hydrogens (tertiary/aromatic N) is 1. The first-order valence-corrected chi connectivity index (χ1v) is 5.91. The van der Waals surface area contributed by atoms with Crippen molar-refractivity contribution in [3.05, 3.63) is 24.3 Å². The molecule has 0 saturated heterocycles. The van der Waals surface area contributed by atoms with Crippen LogP contribution in [-0.4, -0.2) is 33.1 Å². The Morgan fingerprint density at radius 2 is 1.88 bits per heavy atom. The first kappa shape index (κ1) is 13.4. The molecule has 2 N–H and O–H groups in total. The standard InChI is InChI=1S/C13H21N3O/c1-4-14-13(17)9-10-15-11-5-7-12(8-6-11)16(2)3/h5-8,15H,4,9-10H2,1-3H3,(H,14,17). The van der Waals surface area contributed by atoms with E-state index in [0.29, 0.717) is 19.5 Å². The van der Waals surface area contributed by atoms with E-state index in [1.165, 1.54) is 5.69 Å². The zero-order valence-electron chi connectivity index (χ0n) is 10.8. The van der Waals surface area contributed by atoms with Gasteiger partial charge in [0.1, 0.15) is 0 Å². The van der Waals surface area contributed by atoms with Crippen molar-refractivity contribution in [1.82, 2.24) is 5.32 Å². The van der Waals surface area contributed by atoms with Gasteiger partial charge in [-0.15, -0.1) is 0 Å². The molecule has 0 unspecified atom stereocenters. The molecule has 0 saturated carbocycles. The molecule has 0 spiro atoms. The molecule has 0 aliphatic heterocycles. The molecule has 0 aliphatic carbocycles. The van der Waals surface area contributed by atoms with E-state index in [-0.39, 0.29) is 5.91 Å². The first-order chi connectivity index (χ1) is 8.13. The second-order valence-corrected chi connectivity index (χ2v) is 4.07. The highest BCUT2D eigenvalue weighted by Gasteiger charge is 1.99. The van der Waals surface area contributed by atoms with E-state index in [1.54, 1.807) is 0 Å². The SMILES string of the molecule is CCNC(=O)CCNc1ccc(N(C)C)cc1. The molecule has 94 valence electrons. The Bertz CT molecular complexity index is 346. The number of amides is 1. The molecule has 0 radical (unpaired) electrons. The number of anilines is 2. The molecule has 0 aromatic heterocycles. The van der Waals surface area contributed by atoms with Crippen molar-refractivity contribution in [3.63, 3.8) is 0 Å². The minimum absolute atomic E-state index is 0.0879. The lowest BCUT2D eigenvalue weighted by Crippen LogP contribution is -2.24. The van der Waals surface area contributed by atoms with Crippen LogP contribution < -0.4 is 15.5 Å². The quantitative estimate of drug-likeness (QED) is 0.788. The summed E-state index contributed by atoms with van der Waals surface area (Å²) in [6.07, 6.45) is 0.503. The summed E-state index contributed by atoms with van der Waals surface area (Å²) < 4.78 is 0. The van der Waals surface area contributed by atoms with Crippen LogP contribution in [0.3, 0.4) is 0 Å². The Kier molecular flexibility index (Phi) is 5.33. The monoisotopic (exact) mass is 235 g/mol. The summed E-state index contributed by atoms with van der Waals surface area (Å²) in [6, 6.07) is 8.14. The van der Waals surface area contributed by atoms with Crippen LogP contribution in [0.1, 0.15) is 13.3 Å². The normalized spacial score (nSPS) is 9.82. The molecule has 0 aliphatic rings. The van der Waals surface area contributed by atoms with Crippen LogP contribution in [0.5, 0.6) is 0 Å². The second-order valence-electron chi connectivity index (χ2n) is 4.07. The van der Waals surface area contributed by atoms with Gasteiger partial charge in [-0.1, -0.05) is 0 Å². The van der Waals surface area contributed by atoms with Crippen molar-refractivity contribution >= 4 is 17.3 Å². The summed E-state index contributed by atoms with van der Waals surface area (Å²) in [6.45, 7) is 3.27. The number of benzene rings is 1. The smallest absolute Gasteiger partial charge is 0.221 e. The summed E-state index contributed by atoms with van der Waals surface area (Å²) in [5, 5.41) is 5.99. The van der Waals surface area contributed by atoms with Gasteiger partial charge in [0, 0.05) is 45.0 Å². The van der Waals surface area contributed by atoms with Crippen LogP contribution in [0.15, 0.2) is 24.3 Å². The third-order valence-electron chi connectivity index (χ3n) is 2.44. The van der Waals surface area contributed by atoms with Gasteiger partial charge in [0.15, 0.2) is 0 Å². The van der Waals surface area contributed by atoms with E-state index in [2.05, 4.69) is 27.7 Å². The maximum absolute atomic E-state index is 11.2. The highest BCUT2D eigenvalue weighted by molar-refractivity contribution is 5.76. The summed E-state index contributed by atoms with van der Waals surface area (Å²) in [7, 11) is 4.02. The zero-order chi connectivity index (χ0) is 12.7. The van der Waals surface area contributed by atoms with Gasteiger partial charge in [0.05, 0.1) is 0 Å². The van der Waals surface area contributed by atoms with Gasteiger partial charge in [0.2, 0.25) is 5.91 Å². The van der Waals surface area contributed by atoms with Gasteiger partial charge in [-0.2, -0.15) is 0 Å². The van der Waals surface area contributed by atoms with Crippen molar-refractivity contribution < 1.29 is 4.79 Å². The van der Waals surface area contributed by atoms with E-state index >= 15 is 0 Å². The third-order valence-corrected chi connectivity index (χ3v) is 2.44. The minimum Gasteiger partial charge on any atom is -0.385 e. The Hall–Kier alpha value is -1.71. The highest BCUT2D eigenvalue weighted by atomic mass is 16.1. The highest BCUT2D eigenvalue weighted by Crippen LogP contribution is 2.15. The topological polar surface area (TPSA) is 44.4 Å². The van der Waals surface area contributed by atoms with Crippen molar-refractivity contribution in [2.45, 2.75) is 13.3 Å². The average molecular weight is 235 g/mol. The molecule has 1 aromatic rings. The van der Waals surface area contributed by atoms with Gasteiger partial charge in [-0.25, -0.2) is 0 Å². The Morgan fingerprint density at radius 3 is 2.41 bits per heavy atom. The fourth-order valence-corrected chi connectivity index (χ4v) is 1.48. The third kappa shape index (κ3) is 4.76. The number of hydrogen-bond acceptors (Lipinski definition) is 3. The second kappa shape index (κ2) is 6.78. The zero-order valence-corrected chi connectivity index (χ0v) is 10.8. The van der Waals surface area contributed by atoms with Gasteiger partial charge in [-0.3, -0.25) is 4.79 Å². The van der Waals surface area contributed by atoms with Gasteiger partial charge in [0.25, 0.3) is 0 Å². The van der Waals surface area contributed by atoms with Crippen LogP contribution >= 0.6 is 0 Å². The summed E-state index contributed by atoms with van der Waals surface area (Å²) in [5.41, 5.74) is 2.21. The Balaban J connectivity index is 2.35. The van der Waals surface area contributed by atoms with Crippen molar-refractivity contribution in [2.75, 3.05) is 37.4 Å². The maximum atomic E-state index is 11.2. The molecule has 4 nitrogen and oxygen atoms in total. The van der Waals surface area contributed by atoms with Crippen LogP contribution in [0.4, 0.5) is 11.4 Å². The summed E-state index contributed by atoms with van der Waals surface area (Å²) >= 11 is 0. The van der Waals surface area contributed by atoms with Crippen LogP contribution in [0.2, 0.25) is 0 Å². The fourth-order valence-electron chi connectivity index (χ4n) is 1.48. The molecule has 0 fully saturated rings. The average Bonchev–Trinajstić information content (AvgIpc) is 2.30. The molecular formula is C13H21N3O. The van der Waals surface area contributed by atoms with Gasteiger partial charge < -0.3 is 15.5 Å². The first-order valence-electron chi connectivity index (χ1n) is 5.91. The molecule has 0 heterocycles. The van der Waals surface area contributed by atoms with Crippen molar-refractivity contribution in [2.24, 2.45) is 0 Å². The predicted molar refractivity (Wildman–Crippen MR) is 72.6 cm³/mol. The van der Waals surface area contributed by atoms with E-state index in [4.69, 9.17) is 0 Å². The molecule has 1 aromatic carbocycles. The molecule has 1 rings (SSSR count). The summed E-state index contributed by atoms with van der Waals surface area (Å²) in [4.78, 5) is 13.3. The number of hydrogen-bond donors (Lipinski definition) is 2. The van der Waals surface area contributed by atoms with E-state index in [0.717, 1.165) is 5.69 Å². The van der Waals surface area contributed by atoms with Crippen molar-refractivity contribution in [3.8, 4) is 0 Å². The van der Waals surface area contributed by atoms with Gasteiger partial charge in [-0.05, 0) is 31.2 Å². The molecule has 17 heavy (non-hydrogen) atoms. The lowest BCUT2D eigenvalue weighted by molar-refractivity contribution is -0.120. The summed E-state index contributed by atoms with van der Waals surface area (Å²) in [5.74, 6) is 0.0879. The van der Waals surface area contributed by atoms with E-state index < -0.39 is 0 Å². The lowest BCUT2D eigenvalue weighted by atomic mass is 10.2.